The van der Waals surface area contributed by atoms with E-state index >= 15 is 0 Å². The van der Waals surface area contributed by atoms with Crippen LogP contribution in [0, 0.1) is 0 Å². The van der Waals surface area contributed by atoms with Gasteiger partial charge in [0.1, 0.15) is 5.82 Å². The van der Waals surface area contributed by atoms with Crippen molar-refractivity contribution in [3.63, 3.8) is 0 Å². The summed E-state index contributed by atoms with van der Waals surface area (Å²) < 4.78 is 0. The highest BCUT2D eigenvalue weighted by molar-refractivity contribution is 5.47. The fourth-order valence-electron chi connectivity index (χ4n) is 1.68. The first-order chi connectivity index (χ1) is 7.70. The van der Waals surface area contributed by atoms with Crippen molar-refractivity contribution in [2.75, 3.05) is 24.6 Å². The van der Waals surface area contributed by atoms with Gasteiger partial charge in [-0.3, -0.25) is 0 Å². The second kappa shape index (κ2) is 6.45. The first kappa shape index (κ1) is 12.9. The van der Waals surface area contributed by atoms with E-state index in [1.807, 2.05) is 19.1 Å². The van der Waals surface area contributed by atoms with Gasteiger partial charge in [-0.15, -0.1) is 0 Å². The van der Waals surface area contributed by atoms with Gasteiger partial charge in [0.25, 0.3) is 0 Å². The maximum absolute atomic E-state index is 9.66. The van der Waals surface area contributed by atoms with Gasteiger partial charge < -0.3 is 15.1 Å². The highest BCUT2D eigenvalue weighted by Gasteiger charge is 2.13. The van der Waals surface area contributed by atoms with E-state index in [9.17, 15) is 5.11 Å². The van der Waals surface area contributed by atoms with Crippen molar-refractivity contribution < 1.29 is 10.2 Å². The van der Waals surface area contributed by atoms with E-state index < -0.39 is 6.10 Å². The Morgan fingerprint density at radius 3 is 2.81 bits per heavy atom. The number of hydrogen-bond donors (Lipinski definition) is 2. The van der Waals surface area contributed by atoms with Crippen LogP contribution in [-0.2, 0) is 0 Å². The first-order valence-electron chi connectivity index (χ1n) is 5.69. The molecule has 1 atom stereocenters. The van der Waals surface area contributed by atoms with Gasteiger partial charge in [-0.1, -0.05) is 6.07 Å². The maximum atomic E-state index is 9.66. The highest BCUT2D eigenvalue weighted by Crippen LogP contribution is 2.23. The van der Waals surface area contributed by atoms with Gasteiger partial charge in [0.15, 0.2) is 0 Å². The fourth-order valence-corrected chi connectivity index (χ4v) is 1.68. The molecule has 0 bridgehead atoms. The summed E-state index contributed by atoms with van der Waals surface area (Å²) in [4.78, 5) is 6.38. The molecule has 1 rings (SSSR count). The Bertz CT molecular complexity index is 316. The van der Waals surface area contributed by atoms with E-state index in [1.165, 1.54) is 0 Å². The molecule has 16 heavy (non-hydrogen) atoms. The van der Waals surface area contributed by atoms with Crippen LogP contribution in [0.1, 0.15) is 31.9 Å². The van der Waals surface area contributed by atoms with E-state index in [0.717, 1.165) is 24.5 Å². The number of hydrogen-bond acceptors (Lipinski definition) is 4. The van der Waals surface area contributed by atoms with Crippen LogP contribution in [-0.4, -0.2) is 34.9 Å². The zero-order valence-electron chi connectivity index (χ0n) is 9.93. The van der Waals surface area contributed by atoms with Gasteiger partial charge in [-0.2, -0.15) is 0 Å². The van der Waals surface area contributed by atoms with Crippen LogP contribution in [0.5, 0.6) is 0 Å². The van der Waals surface area contributed by atoms with Crippen molar-refractivity contribution in [1.82, 2.24) is 4.98 Å². The number of aliphatic hydroxyl groups is 2. The molecule has 0 aliphatic rings. The van der Waals surface area contributed by atoms with E-state index in [2.05, 4.69) is 9.88 Å². The smallest absolute Gasteiger partial charge is 0.134 e. The monoisotopic (exact) mass is 224 g/mol. The normalized spacial score (nSPS) is 12.5. The van der Waals surface area contributed by atoms with Gasteiger partial charge >= 0.3 is 0 Å². The summed E-state index contributed by atoms with van der Waals surface area (Å²) in [6.07, 6.45) is 1.92. The van der Waals surface area contributed by atoms with Crippen LogP contribution in [0.4, 0.5) is 5.82 Å². The van der Waals surface area contributed by atoms with Crippen LogP contribution in [0.3, 0.4) is 0 Å². The van der Waals surface area contributed by atoms with Crippen molar-refractivity contribution in [3.05, 3.63) is 23.9 Å². The van der Waals surface area contributed by atoms with Crippen molar-refractivity contribution in [3.8, 4) is 0 Å². The fraction of sp³-hybridized carbons (Fsp3) is 0.583. The predicted molar refractivity (Wildman–Crippen MR) is 64.5 cm³/mol. The molecule has 2 N–H and O–H groups in total. The zero-order valence-corrected chi connectivity index (χ0v) is 9.93. The average Bonchev–Trinajstić information content (AvgIpc) is 2.30. The summed E-state index contributed by atoms with van der Waals surface area (Å²) in [6, 6.07) is 3.71. The summed E-state index contributed by atoms with van der Waals surface area (Å²) in [5.41, 5.74) is 0.835. The lowest BCUT2D eigenvalue weighted by Gasteiger charge is -2.24. The number of aliphatic hydroxyl groups excluding tert-OH is 2. The molecule has 1 aromatic heterocycles. The second-order valence-electron chi connectivity index (χ2n) is 3.75. The van der Waals surface area contributed by atoms with Crippen molar-refractivity contribution in [2.24, 2.45) is 0 Å². The van der Waals surface area contributed by atoms with Gasteiger partial charge in [0.05, 0.1) is 6.10 Å². The van der Waals surface area contributed by atoms with Crippen molar-refractivity contribution >= 4 is 5.82 Å². The Morgan fingerprint density at radius 1 is 1.50 bits per heavy atom. The molecule has 4 nitrogen and oxygen atoms in total. The molecule has 0 saturated carbocycles. The molecule has 1 aromatic rings. The lowest BCUT2D eigenvalue weighted by molar-refractivity contribution is 0.199. The minimum absolute atomic E-state index is 0.174. The Kier molecular flexibility index (Phi) is 5.22. The van der Waals surface area contributed by atoms with E-state index in [1.54, 1.807) is 13.1 Å². The summed E-state index contributed by atoms with van der Waals surface area (Å²) in [5, 5.41) is 18.5. The maximum Gasteiger partial charge on any atom is 0.134 e. The minimum atomic E-state index is -0.521. The summed E-state index contributed by atoms with van der Waals surface area (Å²) in [6.45, 7) is 5.52. The van der Waals surface area contributed by atoms with Crippen LogP contribution in [0.2, 0.25) is 0 Å². The molecule has 90 valence electrons. The Labute approximate surface area is 96.6 Å². The number of rotatable bonds is 6. The third-order valence-electron chi connectivity index (χ3n) is 2.53. The molecule has 1 heterocycles. The Morgan fingerprint density at radius 2 is 2.25 bits per heavy atom. The third-order valence-corrected chi connectivity index (χ3v) is 2.53. The zero-order chi connectivity index (χ0) is 12.0. The standard InChI is InChI=1S/C12H20N2O2/c1-3-14(8-5-9-15)12-11(10(2)16)6-4-7-13-12/h4,6-7,10,15-16H,3,5,8-9H2,1-2H3. The molecule has 0 radical (unpaired) electrons. The van der Waals surface area contributed by atoms with Crippen molar-refractivity contribution in [1.29, 1.82) is 0 Å². The minimum Gasteiger partial charge on any atom is -0.396 e. The molecule has 1 unspecified atom stereocenters. The largest absolute Gasteiger partial charge is 0.396 e. The van der Waals surface area contributed by atoms with Gasteiger partial charge in [-0.25, -0.2) is 4.98 Å². The SMILES string of the molecule is CCN(CCCO)c1ncccc1C(C)O. The molecule has 0 aliphatic heterocycles. The number of anilines is 1. The molecule has 0 saturated heterocycles. The van der Waals surface area contributed by atoms with E-state index in [0.29, 0.717) is 6.42 Å². The van der Waals surface area contributed by atoms with E-state index in [4.69, 9.17) is 5.11 Å². The van der Waals surface area contributed by atoms with Gasteiger partial charge in [0.2, 0.25) is 0 Å². The molecule has 0 aliphatic carbocycles. The van der Waals surface area contributed by atoms with Crippen LogP contribution < -0.4 is 4.90 Å². The van der Waals surface area contributed by atoms with Gasteiger partial charge in [0, 0.05) is 31.5 Å². The Balaban J connectivity index is 2.90. The average molecular weight is 224 g/mol. The molecule has 0 aromatic carbocycles. The molecular weight excluding hydrogens is 204 g/mol. The van der Waals surface area contributed by atoms with Crippen LogP contribution in [0.15, 0.2) is 18.3 Å². The molecule has 0 amide bonds. The van der Waals surface area contributed by atoms with Crippen molar-refractivity contribution in [2.45, 2.75) is 26.4 Å². The number of aromatic nitrogens is 1. The Hall–Kier alpha value is -1.13. The van der Waals surface area contributed by atoms with E-state index in [-0.39, 0.29) is 6.61 Å². The third kappa shape index (κ3) is 3.18. The predicted octanol–water partition coefficient (Wildman–Crippen LogP) is 1.34. The first-order valence-corrected chi connectivity index (χ1v) is 5.69. The molecule has 4 heteroatoms. The summed E-state index contributed by atoms with van der Waals surface area (Å²) in [5.74, 6) is 0.813. The summed E-state index contributed by atoms with van der Waals surface area (Å²) >= 11 is 0. The van der Waals surface area contributed by atoms with Crippen LogP contribution >= 0.6 is 0 Å². The lowest BCUT2D eigenvalue weighted by atomic mass is 10.1. The van der Waals surface area contributed by atoms with Crippen LogP contribution in [0.25, 0.3) is 0 Å². The quantitative estimate of drug-likeness (QED) is 0.765. The lowest BCUT2D eigenvalue weighted by Crippen LogP contribution is -2.27. The number of pyridine rings is 1. The highest BCUT2D eigenvalue weighted by atomic mass is 16.3. The van der Waals surface area contributed by atoms with Gasteiger partial charge in [-0.05, 0) is 26.3 Å². The topological polar surface area (TPSA) is 56.6 Å². The molecule has 0 fully saturated rings. The molecular formula is C12H20N2O2. The molecule has 0 spiro atoms. The number of nitrogens with zero attached hydrogens (tertiary/aromatic N) is 2. The second-order valence-corrected chi connectivity index (χ2v) is 3.75. The summed E-state index contributed by atoms with van der Waals surface area (Å²) in [7, 11) is 0.